The molecule has 2 aromatic carbocycles. The molecule has 120 valence electrons. The van der Waals surface area contributed by atoms with Crippen LogP contribution in [0, 0.1) is 23.3 Å². The molecule has 4 heteroatoms. The molecule has 0 saturated heterocycles. The van der Waals surface area contributed by atoms with E-state index in [0.29, 0.717) is 12.0 Å². The standard InChI is InChI=1S/C19H16F4/c1-2-3-11-4-6-14-12(8-11)5-7-15(18(14)22)13-9-16(20)19(23)17(21)10-13/h5,7-10H,2-4,6H2,1H3. The second kappa shape index (κ2) is 6.19. The van der Waals surface area contributed by atoms with Crippen molar-refractivity contribution in [3.05, 3.63) is 64.2 Å². The van der Waals surface area contributed by atoms with Gasteiger partial charge in [0.05, 0.1) is 0 Å². The van der Waals surface area contributed by atoms with E-state index in [1.54, 1.807) is 6.07 Å². The van der Waals surface area contributed by atoms with Crippen LogP contribution in [-0.2, 0) is 6.42 Å². The zero-order chi connectivity index (χ0) is 16.6. The molecule has 0 unspecified atom stereocenters. The summed E-state index contributed by atoms with van der Waals surface area (Å²) in [6, 6.07) is 4.89. The molecule has 0 nitrogen and oxygen atoms in total. The number of benzene rings is 2. The monoisotopic (exact) mass is 320 g/mol. The van der Waals surface area contributed by atoms with Gasteiger partial charge in [0.1, 0.15) is 5.82 Å². The highest BCUT2D eigenvalue weighted by Gasteiger charge is 2.19. The third kappa shape index (κ3) is 2.90. The van der Waals surface area contributed by atoms with Crippen molar-refractivity contribution in [1.82, 2.24) is 0 Å². The molecule has 1 aliphatic rings. The first-order valence-corrected chi connectivity index (χ1v) is 7.67. The summed E-state index contributed by atoms with van der Waals surface area (Å²) in [6.45, 7) is 2.09. The quantitative estimate of drug-likeness (QED) is 0.478. The van der Waals surface area contributed by atoms with Crippen molar-refractivity contribution in [2.45, 2.75) is 32.6 Å². The lowest BCUT2D eigenvalue weighted by Gasteiger charge is -2.19. The Morgan fingerprint density at radius 1 is 0.913 bits per heavy atom. The van der Waals surface area contributed by atoms with Crippen LogP contribution in [0.2, 0.25) is 0 Å². The fraction of sp³-hybridized carbons (Fsp3) is 0.263. The molecule has 0 bridgehead atoms. The molecule has 0 aliphatic heterocycles. The summed E-state index contributed by atoms with van der Waals surface area (Å²) in [5.41, 5.74) is 2.74. The summed E-state index contributed by atoms with van der Waals surface area (Å²) in [5, 5.41) is 0. The van der Waals surface area contributed by atoms with Gasteiger partial charge in [-0.2, -0.15) is 0 Å². The van der Waals surface area contributed by atoms with E-state index in [-0.39, 0.29) is 11.1 Å². The van der Waals surface area contributed by atoms with E-state index in [1.165, 1.54) is 11.6 Å². The first kappa shape index (κ1) is 15.8. The van der Waals surface area contributed by atoms with Crippen molar-refractivity contribution in [3.63, 3.8) is 0 Å². The van der Waals surface area contributed by atoms with E-state index >= 15 is 0 Å². The third-order valence-corrected chi connectivity index (χ3v) is 4.20. The van der Waals surface area contributed by atoms with Gasteiger partial charge in [0, 0.05) is 5.56 Å². The Kier molecular flexibility index (Phi) is 4.24. The third-order valence-electron chi connectivity index (χ3n) is 4.20. The van der Waals surface area contributed by atoms with Crippen molar-refractivity contribution >= 4 is 6.08 Å². The van der Waals surface area contributed by atoms with Gasteiger partial charge in [0.15, 0.2) is 17.5 Å². The van der Waals surface area contributed by atoms with E-state index in [9.17, 15) is 17.6 Å². The van der Waals surface area contributed by atoms with E-state index < -0.39 is 23.3 Å². The van der Waals surface area contributed by atoms with Crippen molar-refractivity contribution in [3.8, 4) is 11.1 Å². The Balaban J connectivity index is 2.07. The molecule has 2 aromatic rings. The zero-order valence-corrected chi connectivity index (χ0v) is 12.7. The Labute approximate surface area is 132 Å². The van der Waals surface area contributed by atoms with Crippen molar-refractivity contribution < 1.29 is 17.6 Å². The van der Waals surface area contributed by atoms with Crippen LogP contribution in [0.3, 0.4) is 0 Å². The molecule has 0 radical (unpaired) electrons. The zero-order valence-electron chi connectivity index (χ0n) is 12.7. The van der Waals surface area contributed by atoms with E-state index in [0.717, 1.165) is 37.0 Å². The summed E-state index contributed by atoms with van der Waals surface area (Å²) >= 11 is 0. The number of allylic oxidation sites excluding steroid dienone is 1. The maximum Gasteiger partial charge on any atom is 0.194 e. The molecular formula is C19H16F4. The van der Waals surface area contributed by atoms with Gasteiger partial charge >= 0.3 is 0 Å². The minimum absolute atomic E-state index is 0.00466. The Morgan fingerprint density at radius 3 is 2.26 bits per heavy atom. The summed E-state index contributed by atoms with van der Waals surface area (Å²) in [6.07, 6.45) is 5.36. The number of hydrogen-bond acceptors (Lipinski definition) is 0. The van der Waals surface area contributed by atoms with Crippen LogP contribution in [0.1, 0.15) is 37.3 Å². The van der Waals surface area contributed by atoms with E-state index in [4.69, 9.17) is 0 Å². The van der Waals surface area contributed by atoms with Gasteiger partial charge in [-0.05, 0) is 48.1 Å². The minimum atomic E-state index is -1.54. The Morgan fingerprint density at radius 2 is 1.61 bits per heavy atom. The predicted octanol–water partition coefficient (Wildman–Crippen LogP) is 6.04. The molecule has 0 saturated carbocycles. The summed E-state index contributed by atoms with van der Waals surface area (Å²) in [4.78, 5) is 0. The first-order valence-electron chi connectivity index (χ1n) is 7.67. The molecule has 0 aromatic heterocycles. The minimum Gasteiger partial charge on any atom is -0.206 e. The van der Waals surface area contributed by atoms with Gasteiger partial charge in [0.2, 0.25) is 0 Å². The molecule has 0 N–H and O–H groups in total. The highest BCUT2D eigenvalue weighted by Crippen LogP contribution is 2.34. The van der Waals surface area contributed by atoms with Gasteiger partial charge in [-0.25, -0.2) is 17.6 Å². The lowest BCUT2D eigenvalue weighted by Crippen LogP contribution is -2.04. The largest absolute Gasteiger partial charge is 0.206 e. The normalized spacial score (nSPS) is 13.7. The van der Waals surface area contributed by atoms with Crippen molar-refractivity contribution in [2.75, 3.05) is 0 Å². The second-order valence-electron chi connectivity index (χ2n) is 5.80. The fourth-order valence-corrected chi connectivity index (χ4v) is 3.06. The fourth-order valence-electron chi connectivity index (χ4n) is 3.06. The summed E-state index contributed by atoms with van der Waals surface area (Å²) in [5.74, 6) is -4.66. The van der Waals surface area contributed by atoms with E-state index in [2.05, 4.69) is 6.92 Å². The Hall–Kier alpha value is -2.10. The van der Waals surface area contributed by atoms with Crippen LogP contribution in [0.5, 0.6) is 0 Å². The van der Waals surface area contributed by atoms with Gasteiger partial charge in [-0.3, -0.25) is 0 Å². The summed E-state index contributed by atoms with van der Waals surface area (Å²) in [7, 11) is 0. The van der Waals surface area contributed by atoms with Crippen LogP contribution < -0.4 is 0 Å². The highest BCUT2D eigenvalue weighted by molar-refractivity contribution is 5.70. The first-order chi connectivity index (χ1) is 11.0. The van der Waals surface area contributed by atoms with Crippen molar-refractivity contribution in [1.29, 1.82) is 0 Å². The highest BCUT2D eigenvalue weighted by atomic mass is 19.2. The average Bonchev–Trinajstić information content (AvgIpc) is 2.53. The van der Waals surface area contributed by atoms with Crippen LogP contribution in [0.15, 0.2) is 29.8 Å². The molecule has 1 aliphatic carbocycles. The predicted molar refractivity (Wildman–Crippen MR) is 82.9 cm³/mol. The number of fused-ring (bicyclic) bond motifs is 1. The van der Waals surface area contributed by atoms with Gasteiger partial charge < -0.3 is 0 Å². The number of hydrogen-bond donors (Lipinski definition) is 0. The van der Waals surface area contributed by atoms with Crippen LogP contribution in [0.25, 0.3) is 17.2 Å². The van der Waals surface area contributed by atoms with Crippen molar-refractivity contribution in [2.24, 2.45) is 0 Å². The van der Waals surface area contributed by atoms with Gasteiger partial charge in [-0.15, -0.1) is 0 Å². The van der Waals surface area contributed by atoms with Crippen LogP contribution in [-0.4, -0.2) is 0 Å². The maximum atomic E-state index is 14.7. The van der Waals surface area contributed by atoms with Crippen LogP contribution >= 0.6 is 0 Å². The van der Waals surface area contributed by atoms with E-state index in [1.807, 2.05) is 6.08 Å². The number of rotatable bonds is 3. The van der Waals surface area contributed by atoms with Gasteiger partial charge in [-0.1, -0.05) is 37.1 Å². The summed E-state index contributed by atoms with van der Waals surface area (Å²) < 4.78 is 54.6. The second-order valence-corrected chi connectivity index (χ2v) is 5.80. The molecule has 3 rings (SSSR count). The maximum absolute atomic E-state index is 14.7. The average molecular weight is 320 g/mol. The van der Waals surface area contributed by atoms with Crippen LogP contribution in [0.4, 0.5) is 17.6 Å². The molecular weight excluding hydrogens is 304 g/mol. The molecule has 0 fully saturated rings. The molecule has 0 amide bonds. The topological polar surface area (TPSA) is 0 Å². The molecule has 23 heavy (non-hydrogen) atoms. The lowest BCUT2D eigenvalue weighted by molar-refractivity contribution is 0.447. The lowest BCUT2D eigenvalue weighted by atomic mass is 9.87. The molecule has 0 heterocycles. The Bertz CT molecular complexity index is 767. The SMILES string of the molecule is CCCC1=Cc2ccc(-c3cc(F)c(F)c(F)c3)c(F)c2CC1. The molecule has 0 atom stereocenters. The molecule has 0 spiro atoms. The number of halogens is 4. The smallest absolute Gasteiger partial charge is 0.194 e. The van der Waals surface area contributed by atoms with Gasteiger partial charge in [0.25, 0.3) is 0 Å².